The Morgan fingerprint density at radius 3 is 1.55 bits per heavy atom. The number of rotatable bonds is 7. The van der Waals surface area contributed by atoms with Crippen molar-refractivity contribution < 1.29 is 9.66 Å². The summed E-state index contributed by atoms with van der Waals surface area (Å²) in [5.41, 5.74) is 0.908. The molecule has 6 heteroatoms. The number of nitrogens with zero attached hydrogens (tertiary/aromatic N) is 1. The number of benzene rings is 4. The minimum atomic E-state index is -2.20. The molecule has 0 aromatic heterocycles. The molecule has 4 rings (SSSR count). The predicted octanol–water partition coefficient (Wildman–Crippen LogP) is 6.24. The van der Waals surface area contributed by atoms with E-state index in [0.29, 0.717) is 0 Å². The first-order valence-electron chi connectivity index (χ1n) is 10.5. The lowest BCUT2D eigenvalue weighted by Gasteiger charge is -2.33. The van der Waals surface area contributed by atoms with Crippen LogP contribution in [0.25, 0.3) is 0 Å². The molecule has 0 aliphatic rings. The topological polar surface area (TPSA) is 52.4 Å². The Hall–Kier alpha value is -3.01. The quantitative estimate of drug-likeness (QED) is 0.164. The molecule has 1 unspecified atom stereocenters. The van der Waals surface area contributed by atoms with E-state index in [9.17, 15) is 10.1 Å². The summed E-state index contributed by atoms with van der Waals surface area (Å²) in [6, 6.07) is 36.9. The van der Waals surface area contributed by atoms with Crippen LogP contribution >= 0.6 is 24.2 Å². The van der Waals surface area contributed by atoms with Crippen LogP contribution in [0.2, 0.25) is 0 Å². The van der Waals surface area contributed by atoms with Gasteiger partial charge in [0.25, 0.3) is 0 Å². The van der Waals surface area contributed by atoms with E-state index in [-0.39, 0.29) is 39.0 Å². The molecule has 0 bridgehead atoms. The lowest BCUT2D eigenvalue weighted by atomic mass is 10.1. The summed E-state index contributed by atoms with van der Waals surface area (Å²) in [6.07, 6.45) is 0. The zero-order valence-corrected chi connectivity index (χ0v) is 21.1. The van der Waals surface area contributed by atoms with Gasteiger partial charge in [-0.1, -0.05) is 60.7 Å². The summed E-state index contributed by atoms with van der Waals surface area (Å²) in [5, 5.41) is 15.5. The highest BCUT2D eigenvalue weighted by Crippen LogP contribution is 2.66. The highest BCUT2D eigenvalue weighted by molar-refractivity contribution is 8.93. The number of ether oxygens (including phenoxy) is 1. The molecule has 0 aliphatic carbocycles. The van der Waals surface area contributed by atoms with E-state index < -0.39 is 7.26 Å². The fourth-order valence-electron chi connectivity index (χ4n) is 4.44. The van der Waals surface area contributed by atoms with E-state index in [1.54, 1.807) is 12.1 Å². The first kappa shape index (κ1) is 24.6. The van der Waals surface area contributed by atoms with E-state index in [1.165, 1.54) is 23.0 Å². The maximum atomic E-state index is 11.7. The second-order valence-corrected chi connectivity index (χ2v) is 11.4. The van der Waals surface area contributed by atoms with Gasteiger partial charge < -0.3 is 4.74 Å². The number of hydrogen-bond acceptors (Lipinski definition) is 3. The molecular formula is C27H26BrNO3P+. The van der Waals surface area contributed by atoms with Crippen LogP contribution in [0.15, 0.2) is 109 Å². The van der Waals surface area contributed by atoms with Crippen molar-refractivity contribution in [3.63, 3.8) is 0 Å². The maximum Gasteiger partial charge on any atom is 0.311 e. The minimum absolute atomic E-state index is 0. The van der Waals surface area contributed by atoms with E-state index >= 15 is 0 Å². The van der Waals surface area contributed by atoms with Crippen LogP contribution in [0.1, 0.15) is 18.1 Å². The van der Waals surface area contributed by atoms with Crippen LogP contribution in [-0.4, -0.2) is 12.0 Å². The van der Waals surface area contributed by atoms with Crippen molar-refractivity contribution in [1.82, 2.24) is 0 Å². The molecule has 0 fully saturated rings. The Bertz CT molecular complexity index is 1110. The van der Waals surface area contributed by atoms with Gasteiger partial charge in [0.2, 0.25) is 0 Å². The average Bonchev–Trinajstić information content (AvgIpc) is 2.86. The zero-order chi connectivity index (χ0) is 22.6. The van der Waals surface area contributed by atoms with Crippen molar-refractivity contribution in [2.24, 2.45) is 0 Å². The highest BCUT2D eigenvalue weighted by Gasteiger charge is 2.51. The third-order valence-corrected chi connectivity index (χ3v) is 10.8. The Morgan fingerprint density at radius 2 is 1.18 bits per heavy atom. The van der Waals surface area contributed by atoms with Crippen molar-refractivity contribution in [2.75, 3.05) is 7.11 Å². The first-order valence-corrected chi connectivity index (χ1v) is 12.3. The summed E-state index contributed by atoms with van der Waals surface area (Å²) in [4.78, 5) is 11.4. The number of nitro benzene ring substituents is 1. The molecule has 0 heterocycles. The summed E-state index contributed by atoms with van der Waals surface area (Å²) in [7, 11) is -0.744. The van der Waals surface area contributed by atoms with Crippen LogP contribution in [0.3, 0.4) is 0 Å². The minimum Gasteiger partial charge on any atom is -0.490 e. The summed E-state index contributed by atoms with van der Waals surface area (Å²) in [5.74, 6) is 0.272. The number of hydrogen-bond donors (Lipinski definition) is 0. The van der Waals surface area contributed by atoms with Gasteiger partial charge in [-0.2, -0.15) is 0 Å². The monoisotopic (exact) mass is 522 g/mol. The Morgan fingerprint density at radius 1 is 0.758 bits per heavy atom. The summed E-state index contributed by atoms with van der Waals surface area (Å²) < 4.78 is 5.25. The van der Waals surface area contributed by atoms with Crippen molar-refractivity contribution in [1.29, 1.82) is 0 Å². The molecule has 0 N–H and O–H groups in total. The van der Waals surface area contributed by atoms with Gasteiger partial charge in [-0.3, -0.25) is 10.1 Å². The van der Waals surface area contributed by atoms with Crippen molar-refractivity contribution in [3.8, 4) is 5.75 Å². The van der Waals surface area contributed by atoms with Gasteiger partial charge in [-0.25, -0.2) is 0 Å². The van der Waals surface area contributed by atoms with E-state index in [1.807, 2.05) is 24.3 Å². The van der Waals surface area contributed by atoms with E-state index in [2.05, 4.69) is 79.7 Å². The normalized spacial score (nSPS) is 11.8. The highest BCUT2D eigenvalue weighted by atomic mass is 79.9. The molecule has 0 aliphatic heterocycles. The molecule has 4 nitrogen and oxygen atoms in total. The standard InChI is InChI=1S/C27H25NO3P.BrH/c1-21(22-18-19-27(31-2)26(20-22)28(29)30)32(23-12-6-3-7-13-23,24-14-8-4-9-15-24)25-16-10-5-11-17-25;/h3-21H,1-2H3;1H/q+1;. The van der Waals surface area contributed by atoms with Crippen LogP contribution in [0, 0.1) is 10.1 Å². The van der Waals surface area contributed by atoms with Crippen LogP contribution in [0.4, 0.5) is 5.69 Å². The third-order valence-electron chi connectivity index (χ3n) is 5.95. The summed E-state index contributed by atoms with van der Waals surface area (Å²) in [6.45, 7) is 2.19. The van der Waals surface area contributed by atoms with Gasteiger partial charge in [0, 0.05) is 11.6 Å². The van der Waals surface area contributed by atoms with Gasteiger partial charge >= 0.3 is 5.69 Å². The Balaban J connectivity index is 0.00000306. The molecule has 0 saturated heterocycles. The van der Waals surface area contributed by atoms with Crippen molar-refractivity contribution in [2.45, 2.75) is 12.6 Å². The Kier molecular flexibility index (Phi) is 8.01. The van der Waals surface area contributed by atoms with Crippen molar-refractivity contribution in [3.05, 3.63) is 125 Å². The Labute approximate surface area is 205 Å². The number of nitro groups is 1. The average molecular weight is 523 g/mol. The fraction of sp³-hybridized carbons (Fsp3) is 0.111. The molecule has 0 radical (unpaired) electrons. The van der Waals surface area contributed by atoms with Crippen LogP contribution < -0.4 is 20.7 Å². The molecule has 0 spiro atoms. The second-order valence-electron chi connectivity index (χ2n) is 7.59. The smallest absolute Gasteiger partial charge is 0.311 e. The van der Waals surface area contributed by atoms with Crippen LogP contribution in [0.5, 0.6) is 5.75 Å². The third kappa shape index (κ3) is 4.57. The largest absolute Gasteiger partial charge is 0.490 e. The molecule has 4 aromatic rings. The van der Waals surface area contributed by atoms with Gasteiger partial charge in [0.15, 0.2) is 5.75 Å². The molecule has 0 amide bonds. The molecule has 0 saturated carbocycles. The second kappa shape index (κ2) is 10.7. The lowest BCUT2D eigenvalue weighted by molar-refractivity contribution is -0.385. The van der Waals surface area contributed by atoms with E-state index in [4.69, 9.17) is 4.74 Å². The fourth-order valence-corrected chi connectivity index (χ4v) is 9.21. The SMILES string of the molecule is Br.COc1ccc(C(C)[P+](c2ccccc2)(c2ccccc2)c2ccccc2)cc1[N+](=O)[O-]. The zero-order valence-electron chi connectivity index (χ0n) is 18.5. The maximum absolute atomic E-state index is 11.7. The van der Waals surface area contributed by atoms with Gasteiger partial charge in [0.05, 0.1) is 12.0 Å². The first-order chi connectivity index (χ1) is 15.6. The molecular weight excluding hydrogens is 497 g/mol. The predicted molar refractivity (Wildman–Crippen MR) is 144 cm³/mol. The van der Waals surface area contributed by atoms with Gasteiger partial charge in [-0.15, -0.1) is 17.0 Å². The van der Waals surface area contributed by atoms with E-state index in [0.717, 1.165) is 5.56 Å². The molecule has 4 aromatic carbocycles. The molecule has 1 atom stereocenters. The lowest BCUT2D eigenvalue weighted by Crippen LogP contribution is -2.34. The molecule has 168 valence electrons. The van der Waals surface area contributed by atoms with Crippen molar-refractivity contribution >= 4 is 45.8 Å². The van der Waals surface area contributed by atoms with Gasteiger partial charge in [-0.05, 0) is 49.4 Å². The summed E-state index contributed by atoms with van der Waals surface area (Å²) >= 11 is 0. The van der Waals surface area contributed by atoms with Crippen LogP contribution in [-0.2, 0) is 0 Å². The number of methoxy groups -OCH3 is 1. The van der Waals surface area contributed by atoms with Gasteiger partial charge in [0.1, 0.15) is 28.8 Å². The molecule has 33 heavy (non-hydrogen) atoms. The number of halogens is 1.